The maximum Gasteiger partial charge on any atom is 0.303 e. The summed E-state index contributed by atoms with van der Waals surface area (Å²) < 4.78 is 7.39. The predicted molar refractivity (Wildman–Crippen MR) is 131 cm³/mol. The van der Waals surface area contributed by atoms with Crippen LogP contribution in [0.1, 0.15) is 36.8 Å². The molecule has 2 aromatic carbocycles. The molecule has 0 atom stereocenters. The number of halogens is 1. The monoisotopic (exact) mass is 519 g/mol. The highest BCUT2D eigenvalue weighted by Gasteiger charge is 2.31. The Morgan fingerprint density at radius 1 is 1.10 bits per heavy atom. The molecule has 1 saturated heterocycles. The zero-order valence-corrected chi connectivity index (χ0v) is 20.0. The van der Waals surface area contributed by atoms with E-state index in [1.807, 2.05) is 54.6 Å². The van der Waals surface area contributed by atoms with Crippen LogP contribution in [0.2, 0.25) is 0 Å². The second-order valence-electron chi connectivity index (χ2n) is 7.02. The smallest absolute Gasteiger partial charge is 0.303 e. The lowest BCUT2D eigenvalue weighted by molar-refractivity contribution is -0.137. The minimum absolute atomic E-state index is 0.0937. The SMILES string of the molecule is O=C(O)CCCCCN1C(=O)/C(=C\c2ccc(OCc3ccc(Br)cc3)cc2)SC1=S. The number of carbonyl (C=O) groups is 2. The van der Waals surface area contributed by atoms with Crippen molar-refractivity contribution in [1.82, 2.24) is 4.90 Å². The number of hydrogen-bond acceptors (Lipinski definition) is 5. The summed E-state index contributed by atoms with van der Waals surface area (Å²) in [5, 5.41) is 8.69. The third-order valence-electron chi connectivity index (χ3n) is 4.64. The van der Waals surface area contributed by atoms with Crippen molar-refractivity contribution >= 4 is 62.2 Å². The van der Waals surface area contributed by atoms with E-state index >= 15 is 0 Å². The molecule has 162 valence electrons. The Bertz CT molecular complexity index is 974. The molecule has 0 aromatic heterocycles. The van der Waals surface area contributed by atoms with Crippen molar-refractivity contribution in [3.63, 3.8) is 0 Å². The fourth-order valence-corrected chi connectivity index (χ4v) is 4.55. The first kappa shape index (κ1) is 23.5. The Labute approximate surface area is 199 Å². The van der Waals surface area contributed by atoms with Gasteiger partial charge in [-0.1, -0.05) is 70.6 Å². The summed E-state index contributed by atoms with van der Waals surface area (Å²) in [6.07, 6.45) is 4.08. The van der Waals surface area contributed by atoms with Gasteiger partial charge in [0.15, 0.2) is 0 Å². The van der Waals surface area contributed by atoms with Gasteiger partial charge < -0.3 is 9.84 Å². The van der Waals surface area contributed by atoms with Gasteiger partial charge in [-0.05, 0) is 54.3 Å². The van der Waals surface area contributed by atoms with Crippen LogP contribution >= 0.6 is 39.9 Å². The Morgan fingerprint density at radius 2 is 1.81 bits per heavy atom. The standard InChI is InChI=1S/C23H22BrNO4S2/c24-18-9-5-17(6-10-18)15-29-19-11-7-16(8-12-19)14-20-22(28)25(23(30)31-20)13-3-1-2-4-21(26)27/h5-12,14H,1-4,13,15H2,(H,26,27)/b20-14+. The van der Waals surface area contributed by atoms with E-state index in [4.69, 9.17) is 22.1 Å². The van der Waals surface area contributed by atoms with Crippen LogP contribution in [0.15, 0.2) is 57.9 Å². The summed E-state index contributed by atoms with van der Waals surface area (Å²) in [6, 6.07) is 15.6. The van der Waals surface area contributed by atoms with Gasteiger partial charge >= 0.3 is 5.97 Å². The summed E-state index contributed by atoms with van der Waals surface area (Å²) >= 11 is 10.1. The van der Waals surface area contributed by atoms with Crippen LogP contribution in [0.25, 0.3) is 6.08 Å². The molecule has 0 bridgehead atoms. The predicted octanol–water partition coefficient (Wildman–Crippen LogP) is 5.87. The third-order valence-corrected chi connectivity index (χ3v) is 6.55. The topological polar surface area (TPSA) is 66.8 Å². The maximum absolute atomic E-state index is 12.7. The van der Waals surface area contributed by atoms with Crippen LogP contribution in [0.5, 0.6) is 5.75 Å². The molecule has 0 aliphatic carbocycles. The van der Waals surface area contributed by atoms with Gasteiger partial charge in [-0.25, -0.2) is 0 Å². The van der Waals surface area contributed by atoms with Crippen molar-refractivity contribution in [2.24, 2.45) is 0 Å². The van der Waals surface area contributed by atoms with Crippen LogP contribution in [-0.2, 0) is 16.2 Å². The van der Waals surface area contributed by atoms with E-state index in [0.29, 0.717) is 28.8 Å². The molecule has 5 nitrogen and oxygen atoms in total. The first-order valence-electron chi connectivity index (χ1n) is 9.87. The lowest BCUT2D eigenvalue weighted by atomic mass is 10.2. The molecule has 0 unspecified atom stereocenters. The number of unbranched alkanes of at least 4 members (excludes halogenated alkanes) is 2. The molecule has 1 N–H and O–H groups in total. The number of thioether (sulfide) groups is 1. The van der Waals surface area contributed by atoms with Crippen molar-refractivity contribution in [1.29, 1.82) is 0 Å². The van der Waals surface area contributed by atoms with Gasteiger partial charge in [0.1, 0.15) is 16.7 Å². The summed E-state index contributed by atoms with van der Waals surface area (Å²) in [4.78, 5) is 25.4. The maximum atomic E-state index is 12.7. The van der Waals surface area contributed by atoms with Crippen LogP contribution in [0, 0.1) is 0 Å². The summed E-state index contributed by atoms with van der Waals surface area (Å²) in [5.74, 6) is -0.129. The van der Waals surface area contributed by atoms with E-state index in [2.05, 4.69) is 15.9 Å². The molecule has 1 amide bonds. The minimum Gasteiger partial charge on any atom is -0.489 e. The molecule has 1 fully saturated rings. The summed E-state index contributed by atoms with van der Waals surface area (Å²) in [7, 11) is 0. The Hall–Kier alpha value is -2.16. The van der Waals surface area contributed by atoms with E-state index in [1.54, 1.807) is 4.90 Å². The number of thiocarbonyl (C=S) groups is 1. The zero-order valence-electron chi connectivity index (χ0n) is 16.8. The molecule has 1 aliphatic rings. The van der Waals surface area contributed by atoms with Crippen LogP contribution < -0.4 is 4.74 Å². The van der Waals surface area contributed by atoms with Gasteiger partial charge in [-0.15, -0.1) is 0 Å². The number of nitrogens with zero attached hydrogens (tertiary/aromatic N) is 1. The third kappa shape index (κ3) is 7.19. The normalized spacial score (nSPS) is 15.0. The van der Waals surface area contributed by atoms with Gasteiger partial charge in [-0.3, -0.25) is 14.5 Å². The highest BCUT2D eigenvalue weighted by Crippen LogP contribution is 2.33. The van der Waals surface area contributed by atoms with Crippen LogP contribution in [0.4, 0.5) is 0 Å². The minimum atomic E-state index is -0.793. The molecule has 3 rings (SSSR count). The number of carboxylic acid groups (broad SMARTS) is 1. The van der Waals surface area contributed by atoms with Crippen molar-refractivity contribution in [3.8, 4) is 5.75 Å². The van der Waals surface area contributed by atoms with Crippen molar-refractivity contribution in [3.05, 3.63) is 69.0 Å². The average molecular weight is 520 g/mol. The van der Waals surface area contributed by atoms with Crippen molar-refractivity contribution < 1.29 is 19.4 Å². The Balaban J connectivity index is 1.52. The number of carboxylic acids is 1. The van der Waals surface area contributed by atoms with E-state index in [9.17, 15) is 9.59 Å². The highest BCUT2D eigenvalue weighted by atomic mass is 79.9. The van der Waals surface area contributed by atoms with E-state index in [0.717, 1.165) is 34.2 Å². The molecule has 1 aliphatic heterocycles. The van der Waals surface area contributed by atoms with Crippen molar-refractivity contribution in [2.75, 3.05) is 6.54 Å². The Morgan fingerprint density at radius 3 is 2.48 bits per heavy atom. The second kappa shape index (κ2) is 11.5. The second-order valence-corrected chi connectivity index (χ2v) is 9.61. The highest BCUT2D eigenvalue weighted by molar-refractivity contribution is 9.10. The number of hydrogen-bond donors (Lipinski definition) is 1. The van der Waals surface area contributed by atoms with Gasteiger partial charge in [0, 0.05) is 17.4 Å². The van der Waals surface area contributed by atoms with E-state index < -0.39 is 5.97 Å². The lowest BCUT2D eigenvalue weighted by Gasteiger charge is -2.13. The molecule has 1 heterocycles. The molecule has 8 heteroatoms. The van der Waals surface area contributed by atoms with Gasteiger partial charge in [0.25, 0.3) is 5.91 Å². The number of amides is 1. The van der Waals surface area contributed by atoms with Gasteiger partial charge in [0.2, 0.25) is 0 Å². The lowest BCUT2D eigenvalue weighted by Crippen LogP contribution is -2.29. The number of benzene rings is 2. The quantitative estimate of drug-likeness (QED) is 0.240. The molecular weight excluding hydrogens is 498 g/mol. The molecule has 2 aromatic rings. The first-order chi connectivity index (χ1) is 14.9. The summed E-state index contributed by atoms with van der Waals surface area (Å²) in [5.41, 5.74) is 1.98. The van der Waals surface area contributed by atoms with Gasteiger partial charge in [0.05, 0.1) is 4.91 Å². The molecular formula is C23H22BrNO4S2. The average Bonchev–Trinajstić information content (AvgIpc) is 3.01. The number of carbonyl (C=O) groups excluding carboxylic acids is 1. The first-order valence-corrected chi connectivity index (χ1v) is 11.9. The number of rotatable bonds is 10. The molecule has 0 spiro atoms. The molecule has 0 saturated carbocycles. The largest absolute Gasteiger partial charge is 0.489 e. The van der Waals surface area contributed by atoms with Gasteiger partial charge in [-0.2, -0.15) is 0 Å². The molecule has 0 radical (unpaired) electrons. The summed E-state index contributed by atoms with van der Waals surface area (Å²) in [6.45, 7) is 1.00. The van der Waals surface area contributed by atoms with E-state index in [-0.39, 0.29) is 12.3 Å². The van der Waals surface area contributed by atoms with Crippen LogP contribution in [-0.4, -0.2) is 32.7 Å². The molecule has 31 heavy (non-hydrogen) atoms. The zero-order chi connectivity index (χ0) is 22.2. The fourth-order valence-electron chi connectivity index (χ4n) is 2.97. The number of aliphatic carboxylic acids is 1. The Kier molecular flexibility index (Phi) is 8.69. The van der Waals surface area contributed by atoms with E-state index in [1.165, 1.54) is 11.8 Å². The van der Waals surface area contributed by atoms with Crippen molar-refractivity contribution in [2.45, 2.75) is 32.3 Å². The number of ether oxygens (including phenoxy) is 1. The van der Waals surface area contributed by atoms with Crippen LogP contribution in [0.3, 0.4) is 0 Å². The fraction of sp³-hybridized carbons (Fsp3) is 0.261.